The molecule has 0 radical (unpaired) electrons. The summed E-state index contributed by atoms with van der Waals surface area (Å²) in [7, 11) is 1.02. The highest BCUT2D eigenvalue weighted by atomic mass is 19.4. The van der Waals surface area contributed by atoms with Crippen molar-refractivity contribution in [3.63, 3.8) is 0 Å². The highest BCUT2D eigenvalue weighted by Gasteiger charge is 2.34. The maximum atomic E-state index is 12.3. The van der Waals surface area contributed by atoms with Crippen LogP contribution in [0.2, 0.25) is 0 Å². The molecule has 1 aromatic rings. The van der Waals surface area contributed by atoms with Gasteiger partial charge in [-0.1, -0.05) is 26.0 Å². The summed E-state index contributed by atoms with van der Waals surface area (Å²) in [4.78, 5) is 0.303. The van der Waals surface area contributed by atoms with Crippen molar-refractivity contribution in [3.8, 4) is 0 Å². The third kappa shape index (κ3) is 2.88. The molecule has 0 aliphatic rings. The van der Waals surface area contributed by atoms with Gasteiger partial charge < -0.3 is 0 Å². The molecule has 0 unspecified atom stereocenters. The number of benzene rings is 1. The van der Waals surface area contributed by atoms with Gasteiger partial charge in [-0.25, -0.2) is 0 Å². The molecule has 0 fully saturated rings. The van der Waals surface area contributed by atoms with E-state index >= 15 is 0 Å². The second-order valence-electron chi connectivity index (χ2n) is 3.77. The van der Waals surface area contributed by atoms with Crippen LogP contribution in [-0.4, -0.2) is 13.3 Å². The predicted octanol–water partition coefficient (Wildman–Crippen LogP) is 3.77. The SMILES string of the molecule is CC(C)c1ccc(N(C)C(F)(F)F)cc1. The molecule has 0 spiro atoms. The van der Waals surface area contributed by atoms with E-state index in [1.54, 1.807) is 12.1 Å². The maximum absolute atomic E-state index is 12.3. The molecule has 1 aromatic carbocycles. The van der Waals surface area contributed by atoms with E-state index in [1.165, 1.54) is 12.1 Å². The van der Waals surface area contributed by atoms with Crippen molar-refractivity contribution in [1.29, 1.82) is 0 Å². The predicted molar refractivity (Wildman–Crippen MR) is 55.0 cm³/mol. The largest absolute Gasteiger partial charge is 0.484 e. The Bertz CT molecular complexity index is 314. The Morgan fingerprint density at radius 1 is 1.07 bits per heavy atom. The molecule has 0 bridgehead atoms. The molecule has 84 valence electrons. The van der Waals surface area contributed by atoms with Crippen LogP contribution >= 0.6 is 0 Å². The Kier molecular flexibility index (Phi) is 3.27. The number of hydrogen-bond acceptors (Lipinski definition) is 1. The zero-order valence-electron chi connectivity index (χ0n) is 8.97. The fourth-order valence-electron chi connectivity index (χ4n) is 1.23. The van der Waals surface area contributed by atoms with Crippen LogP contribution in [0.4, 0.5) is 18.9 Å². The number of rotatable bonds is 2. The Labute approximate surface area is 87.5 Å². The normalized spacial score (nSPS) is 11.9. The third-order valence-corrected chi connectivity index (χ3v) is 2.33. The van der Waals surface area contributed by atoms with Gasteiger partial charge in [0.05, 0.1) is 0 Å². The first kappa shape index (κ1) is 11.9. The fourth-order valence-corrected chi connectivity index (χ4v) is 1.23. The zero-order chi connectivity index (χ0) is 11.6. The van der Waals surface area contributed by atoms with Crippen LogP contribution in [-0.2, 0) is 0 Å². The van der Waals surface area contributed by atoms with E-state index in [0.717, 1.165) is 12.6 Å². The monoisotopic (exact) mass is 217 g/mol. The van der Waals surface area contributed by atoms with Crippen molar-refractivity contribution in [3.05, 3.63) is 29.8 Å². The molecule has 0 aromatic heterocycles. The molecule has 0 aliphatic heterocycles. The molecule has 0 saturated carbocycles. The quantitative estimate of drug-likeness (QED) is 0.681. The Morgan fingerprint density at radius 2 is 1.53 bits per heavy atom. The number of anilines is 1. The van der Waals surface area contributed by atoms with Gasteiger partial charge in [0, 0.05) is 12.7 Å². The highest BCUT2D eigenvalue weighted by Crippen LogP contribution is 2.27. The summed E-state index contributed by atoms with van der Waals surface area (Å²) in [5, 5.41) is 0. The lowest BCUT2D eigenvalue weighted by atomic mass is 10.0. The summed E-state index contributed by atoms with van der Waals surface area (Å²) in [6.45, 7) is 4.00. The molecule has 0 atom stereocenters. The Balaban J connectivity index is 2.89. The molecular weight excluding hydrogens is 203 g/mol. The molecule has 0 heterocycles. The molecule has 0 aliphatic carbocycles. The van der Waals surface area contributed by atoms with Gasteiger partial charge in [-0.2, -0.15) is 13.2 Å². The Hall–Kier alpha value is -1.19. The minimum atomic E-state index is -4.32. The first-order chi connectivity index (χ1) is 6.82. The summed E-state index contributed by atoms with van der Waals surface area (Å²) in [6, 6.07) is 6.43. The first-order valence-electron chi connectivity index (χ1n) is 4.73. The van der Waals surface area contributed by atoms with Gasteiger partial charge in [0.15, 0.2) is 0 Å². The van der Waals surface area contributed by atoms with Crippen molar-refractivity contribution in [2.24, 2.45) is 0 Å². The topological polar surface area (TPSA) is 3.24 Å². The van der Waals surface area contributed by atoms with Crippen LogP contribution in [0.5, 0.6) is 0 Å². The van der Waals surface area contributed by atoms with Crippen LogP contribution < -0.4 is 4.90 Å². The van der Waals surface area contributed by atoms with Crippen LogP contribution in [0, 0.1) is 0 Å². The molecule has 0 amide bonds. The van der Waals surface area contributed by atoms with Crippen LogP contribution in [0.3, 0.4) is 0 Å². The average Bonchev–Trinajstić information content (AvgIpc) is 2.15. The van der Waals surface area contributed by atoms with Gasteiger partial charge in [0.25, 0.3) is 0 Å². The van der Waals surface area contributed by atoms with E-state index in [4.69, 9.17) is 0 Å². The van der Waals surface area contributed by atoms with E-state index < -0.39 is 6.30 Å². The average molecular weight is 217 g/mol. The van der Waals surface area contributed by atoms with Crippen molar-refractivity contribution < 1.29 is 13.2 Å². The van der Waals surface area contributed by atoms with Gasteiger partial charge >= 0.3 is 6.30 Å². The van der Waals surface area contributed by atoms with Crippen molar-refractivity contribution in [2.75, 3.05) is 11.9 Å². The summed E-state index contributed by atoms with van der Waals surface area (Å²) in [5.74, 6) is 0.329. The summed E-state index contributed by atoms with van der Waals surface area (Å²) in [5.41, 5.74) is 1.20. The number of alkyl halides is 3. The lowest BCUT2D eigenvalue weighted by Gasteiger charge is -2.22. The molecule has 15 heavy (non-hydrogen) atoms. The van der Waals surface area contributed by atoms with E-state index in [-0.39, 0.29) is 5.69 Å². The van der Waals surface area contributed by atoms with E-state index in [0.29, 0.717) is 10.8 Å². The molecule has 0 saturated heterocycles. The summed E-state index contributed by atoms with van der Waals surface area (Å²) >= 11 is 0. The first-order valence-corrected chi connectivity index (χ1v) is 4.73. The Morgan fingerprint density at radius 3 is 1.87 bits per heavy atom. The lowest BCUT2D eigenvalue weighted by Crippen LogP contribution is -2.33. The summed E-state index contributed by atoms with van der Waals surface area (Å²) < 4.78 is 37.0. The van der Waals surface area contributed by atoms with Crippen LogP contribution in [0.15, 0.2) is 24.3 Å². The van der Waals surface area contributed by atoms with Gasteiger partial charge in [0.2, 0.25) is 0 Å². The zero-order valence-corrected chi connectivity index (χ0v) is 8.97. The maximum Gasteiger partial charge on any atom is 0.484 e. The van der Waals surface area contributed by atoms with E-state index in [1.807, 2.05) is 13.8 Å². The minimum absolute atomic E-state index is 0.159. The van der Waals surface area contributed by atoms with Gasteiger partial charge in [-0.15, -0.1) is 0 Å². The van der Waals surface area contributed by atoms with E-state index in [9.17, 15) is 13.2 Å². The van der Waals surface area contributed by atoms with Crippen LogP contribution in [0.1, 0.15) is 25.3 Å². The fraction of sp³-hybridized carbons (Fsp3) is 0.455. The van der Waals surface area contributed by atoms with E-state index in [2.05, 4.69) is 0 Å². The van der Waals surface area contributed by atoms with Crippen molar-refractivity contribution >= 4 is 5.69 Å². The molecule has 1 nitrogen and oxygen atoms in total. The van der Waals surface area contributed by atoms with Gasteiger partial charge in [-0.3, -0.25) is 4.90 Å². The van der Waals surface area contributed by atoms with Gasteiger partial charge in [-0.05, 0) is 23.6 Å². The molecule has 1 rings (SSSR count). The second-order valence-corrected chi connectivity index (χ2v) is 3.77. The van der Waals surface area contributed by atoms with Crippen molar-refractivity contribution in [2.45, 2.75) is 26.1 Å². The molecule has 0 N–H and O–H groups in total. The minimum Gasteiger partial charge on any atom is -0.287 e. The molecular formula is C11H14F3N. The lowest BCUT2D eigenvalue weighted by molar-refractivity contribution is -0.125. The van der Waals surface area contributed by atoms with Crippen molar-refractivity contribution in [1.82, 2.24) is 0 Å². The smallest absolute Gasteiger partial charge is 0.287 e. The standard InChI is InChI=1S/C11H14F3N/c1-8(2)9-4-6-10(7-5-9)15(3)11(12,13)14/h4-8H,1-3H3. The van der Waals surface area contributed by atoms with Gasteiger partial charge in [0.1, 0.15) is 0 Å². The molecule has 4 heteroatoms. The second kappa shape index (κ2) is 4.13. The number of hydrogen-bond donors (Lipinski definition) is 0. The summed E-state index contributed by atoms with van der Waals surface area (Å²) in [6.07, 6.45) is -4.32. The highest BCUT2D eigenvalue weighted by molar-refractivity contribution is 5.47. The number of nitrogens with zero attached hydrogens (tertiary/aromatic N) is 1. The van der Waals surface area contributed by atoms with Crippen LogP contribution in [0.25, 0.3) is 0 Å². The number of halogens is 3. The third-order valence-electron chi connectivity index (χ3n) is 2.33.